The molecule has 0 bridgehead atoms. The maximum Gasteiger partial charge on any atom is 0.131 e. The molecule has 2 nitrogen and oxygen atoms in total. The van der Waals surface area contributed by atoms with Crippen LogP contribution < -0.4 is 4.74 Å². The molecule has 0 unspecified atom stereocenters. The Hall–Kier alpha value is -5.08. The first kappa shape index (κ1) is 23.8. The van der Waals surface area contributed by atoms with Crippen molar-refractivity contribution in [1.29, 1.82) is 0 Å². The Morgan fingerprint density at radius 2 is 1.20 bits per heavy atom. The summed E-state index contributed by atoms with van der Waals surface area (Å²) in [6, 6.07) is 50.0. The number of para-hydroxylation sites is 3. The molecule has 0 atom stereocenters. The number of ether oxygens (including phenoxy) is 1. The molecular formula is C39H29NO. The summed E-state index contributed by atoms with van der Waals surface area (Å²) in [5, 5.41) is 2.54. The molecule has 0 N–H and O–H groups in total. The van der Waals surface area contributed by atoms with E-state index in [0.29, 0.717) is 0 Å². The summed E-state index contributed by atoms with van der Waals surface area (Å²) in [7, 11) is 0. The molecule has 1 aromatic heterocycles. The summed E-state index contributed by atoms with van der Waals surface area (Å²) < 4.78 is 8.70. The molecule has 0 saturated heterocycles. The fourth-order valence-corrected chi connectivity index (χ4v) is 6.60. The third-order valence-electron chi connectivity index (χ3n) is 8.65. The van der Waals surface area contributed by atoms with Crippen molar-refractivity contribution in [2.24, 2.45) is 0 Å². The number of hydrogen-bond donors (Lipinski definition) is 0. The Balaban J connectivity index is 1.29. The van der Waals surface area contributed by atoms with Gasteiger partial charge in [0.25, 0.3) is 0 Å². The minimum absolute atomic E-state index is 0.150. The van der Waals surface area contributed by atoms with Crippen LogP contribution in [0.5, 0.6) is 11.5 Å². The van der Waals surface area contributed by atoms with Gasteiger partial charge in [-0.1, -0.05) is 105 Å². The van der Waals surface area contributed by atoms with Gasteiger partial charge in [-0.2, -0.15) is 0 Å². The topological polar surface area (TPSA) is 14.2 Å². The standard InChI is InChI=1S/C39H29NO/c1-39(2)32-18-7-9-21-36(32)41-37-23-22-27(25-33(37)39)26-12-10-13-28(24-26)30-17-11-20-35-38(30)31-16-6-8-19-34(31)40(35)29-14-4-3-5-15-29/h3-25H,1-2H3. The van der Waals surface area contributed by atoms with E-state index in [2.05, 4.69) is 152 Å². The Morgan fingerprint density at radius 1 is 0.512 bits per heavy atom. The molecule has 1 aliphatic rings. The molecule has 6 aromatic carbocycles. The van der Waals surface area contributed by atoms with Gasteiger partial charge in [0.1, 0.15) is 11.5 Å². The van der Waals surface area contributed by atoms with E-state index in [0.717, 1.165) is 11.5 Å². The highest BCUT2D eigenvalue weighted by molar-refractivity contribution is 6.15. The van der Waals surface area contributed by atoms with Crippen LogP contribution in [0.3, 0.4) is 0 Å². The Morgan fingerprint density at radius 3 is 2.10 bits per heavy atom. The zero-order valence-electron chi connectivity index (χ0n) is 23.1. The van der Waals surface area contributed by atoms with Gasteiger partial charge < -0.3 is 9.30 Å². The Kier molecular flexibility index (Phi) is 5.20. The summed E-state index contributed by atoms with van der Waals surface area (Å²) in [5.41, 5.74) is 10.7. The number of fused-ring (bicyclic) bond motifs is 5. The summed E-state index contributed by atoms with van der Waals surface area (Å²) in [6.07, 6.45) is 0. The normalized spacial score (nSPS) is 13.5. The van der Waals surface area contributed by atoms with E-state index in [1.165, 1.54) is 60.9 Å². The zero-order chi connectivity index (χ0) is 27.6. The van der Waals surface area contributed by atoms with Crippen molar-refractivity contribution in [3.63, 3.8) is 0 Å². The van der Waals surface area contributed by atoms with E-state index >= 15 is 0 Å². The molecule has 1 aliphatic heterocycles. The second kappa shape index (κ2) is 8.97. The van der Waals surface area contributed by atoms with Gasteiger partial charge in [0.15, 0.2) is 0 Å². The van der Waals surface area contributed by atoms with Gasteiger partial charge in [-0.25, -0.2) is 0 Å². The zero-order valence-corrected chi connectivity index (χ0v) is 23.1. The van der Waals surface area contributed by atoms with Gasteiger partial charge in [-0.3, -0.25) is 0 Å². The van der Waals surface area contributed by atoms with Crippen LogP contribution in [0, 0.1) is 0 Å². The van der Waals surface area contributed by atoms with Crippen LogP contribution >= 0.6 is 0 Å². The van der Waals surface area contributed by atoms with Gasteiger partial charge in [0.2, 0.25) is 0 Å². The van der Waals surface area contributed by atoms with Gasteiger partial charge >= 0.3 is 0 Å². The minimum Gasteiger partial charge on any atom is -0.457 e. The quantitative estimate of drug-likeness (QED) is 0.223. The predicted molar refractivity (Wildman–Crippen MR) is 170 cm³/mol. The second-order valence-electron chi connectivity index (χ2n) is 11.4. The van der Waals surface area contributed by atoms with Gasteiger partial charge in [0.05, 0.1) is 11.0 Å². The first-order valence-electron chi connectivity index (χ1n) is 14.2. The molecule has 0 spiro atoms. The Labute approximate surface area is 240 Å². The average Bonchev–Trinajstić information content (AvgIpc) is 3.36. The maximum absolute atomic E-state index is 6.32. The summed E-state index contributed by atoms with van der Waals surface area (Å²) in [4.78, 5) is 0. The molecule has 196 valence electrons. The number of rotatable bonds is 3. The molecule has 0 saturated carbocycles. The second-order valence-corrected chi connectivity index (χ2v) is 11.4. The van der Waals surface area contributed by atoms with E-state index in [9.17, 15) is 0 Å². The lowest BCUT2D eigenvalue weighted by atomic mass is 9.75. The maximum atomic E-state index is 6.32. The van der Waals surface area contributed by atoms with E-state index in [1.807, 2.05) is 6.07 Å². The van der Waals surface area contributed by atoms with Crippen molar-refractivity contribution < 1.29 is 4.74 Å². The molecule has 0 radical (unpaired) electrons. The fraction of sp³-hybridized carbons (Fsp3) is 0.0769. The molecule has 2 heteroatoms. The third-order valence-corrected chi connectivity index (χ3v) is 8.65. The van der Waals surface area contributed by atoms with Crippen LogP contribution in [-0.2, 0) is 5.41 Å². The van der Waals surface area contributed by atoms with Crippen molar-refractivity contribution in [3.8, 4) is 39.4 Å². The van der Waals surface area contributed by atoms with Crippen LogP contribution in [0.25, 0.3) is 49.7 Å². The van der Waals surface area contributed by atoms with Crippen LogP contribution in [0.15, 0.2) is 140 Å². The van der Waals surface area contributed by atoms with Gasteiger partial charge in [-0.15, -0.1) is 0 Å². The summed E-state index contributed by atoms with van der Waals surface area (Å²) in [6.45, 7) is 4.58. The largest absolute Gasteiger partial charge is 0.457 e. The molecular weight excluding hydrogens is 498 g/mol. The molecule has 0 fully saturated rings. The van der Waals surface area contributed by atoms with Crippen molar-refractivity contribution >= 4 is 21.8 Å². The third kappa shape index (κ3) is 3.64. The highest BCUT2D eigenvalue weighted by Gasteiger charge is 2.34. The summed E-state index contributed by atoms with van der Waals surface area (Å²) >= 11 is 0. The lowest BCUT2D eigenvalue weighted by Gasteiger charge is -2.34. The number of hydrogen-bond acceptors (Lipinski definition) is 1. The molecule has 41 heavy (non-hydrogen) atoms. The van der Waals surface area contributed by atoms with Gasteiger partial charge in [0, 0.05) is 33.0 Å². The number of aromatic nitrogens is 1. The average molecular weight is 528 g/mol. The molecule has 7 aromatic rings. The molecule has 8 rings (SSSR count). The van der Waals surface area contributed by atoms with Crippen LogP contribution in [0.1, 0.15) is 25.0 Å². The number of benzene rings is 6. The number of nitrogens with zero attached hydrogens (tertiary/aromatic N) is 1. The first-order valence-corrected chi connectivity index (χ1v) is 14.2. The van der Waals surface area contributed by atoms with Crippen molar-refractivity contribution in [1.82, 2.24) is 4.57 Å². The van der Waals surface area contributed by atoms with Crippen LogP contribution in [0.2, 0.25) is 0 Å². The highest BCUT2D eigenvalue weighted by atomic mass is 16.5. The predicted octanol–water partition coefficient (Wildman–Crippen LogP) is 10.5. The highest BCUT2D eigenvalue weighted by Crippen LogP contribution is 2.49. The minimum atomic E-state index is -0.150. The molecule has 0 amide bonds. The summed E-state index contributed by atoms with van der Waals surface area (Å²) in [5.74, 6) is 1.88. The van der Waals surface area contributed by atoms with E-state index in [1.54, 1.807) is 0 Å². The van der Waals surface area contributed by atoms with Crippen molar-refractivity contribution in [2.75, 3.05) is 0 Å². The van der Waals surface area contributed by atoms with Crippen LogP contribution in [-0.4, -0.2) is 4.57 Å². The van der Waals surface area contributed by atoms with E-state index in [-0.39, 0.29) is 5.41 Å². The lowest BCUT2D eigenvalue weighted by molar-refractivity contribution is 0.418. The van der Waals surface area contributed by atoms with E-state index in [4.69, 9.17) is 4.74 Å². The van der Waals surface area contributed by atoms with Gasteiger partial charge in [-0.05, 0) is 70.8 Å². The molecule has 0 aliphatic carbocycles. The lowest BCUT2D eigenvalue weighted by Crippen LogP contribution is -2.24. The van der Waals surface area contributed by atoms with Crippen molar-refractivity contribution in [2.45, 2.75) is 19.3 Å². The SMILES string of the molecule is CC1(C)c2ccccc2Oc2ccc(-c3cccc(-c4cccc5c4c4ccccc4n5-c4ccccc4)c3)cc21. The van der Waals surface area contributed by atoms with Crippen molar-refractivity contribution in [3.05, 3.63) is 151 Å². The smallest absolute Gasteiger partial charge is 0.131 e. The Bertz CT molecular complexity index is 2100. The first-order chi connectivity index (χ1) is 20.1. The monoisotopic (exact) mass is 527 g/mol. The molecule has 2 heterocycles. The van der Waals surface area contributed by atoms with E-state index < -0.39 is 0 Å². The van der Waals surface area contributed by atoms with Crippen LogP contribution in [0.4, 0.5) is 0 Å². The fourth-order valence-electron chi connectivity index (χ4n) is 6.60.